The molecule has 5 nitrogen and oxygen atoms in total. The molecule has 1 aromatic carbocycles. The lowest BCUT2D eigenvalue weighted by molar-refractivity contribution is 0.00578. The second kappa shape index (κ2) is 5.03. The van der Waals surface area contributed by atoms with Gasteiger partial charge in [-0.25, -0.2) is 0 Å². The number of hydrogen-bond acceptors (Lipinski definition) is 4. The van der Waals surface area contributed by atoms with Crippen LogP contribution >= 0.6 is 0 Å². The zero-order valence-corrected chi connectivity index (χ0v) is 13.4. The summed E-state index contributed by atoms with van der Waals surface area (Å²) < 4.78 is 11.9. The van der Waals surface area contributed by atoms with Crippen LogP contribution in [0.25, 0.3) is 0 Å². The zero-order chi connectivity index (χ0) is 16.0. The fourth-order valence-electron chi connectivity index (χ4n) is 2.15. The second-order valence-electron chi connectivity index (χ2n) is 6.56. The van der Waals surface area contributed by atoms with Crippen LogP contribution in [0.2, 0.25) is 0 Å². The SMILES string of the molecule is CN(C)C(=O)c1ccc(O)cc1B1OC(C)(C)C(C)(C)O1. The van der Waals surface area contributed by atoms with Gasteiger partial charge in [-0.2, -0.15) is 0 Å². The van der Waals surface area contributed by atoms with Crippen LogP contribution in [0.3, 0.4) is 0 Å². The van der Waals surface area contributed by atoms with Crippen molar-refractivity contribution in [3.05, 3.63) is 23.8 Å². The molecule has 114 valence electrons. The van der Waals surface area contributed by atoms with Gasteiger partial charge < -0.3 is 19.3 Å². The van der Waals surface area contributed by atoms with Gasteiger partial charge in [0.25, 0.3) is 5.91 Å². The first-order valence-electron chi connectivity index (χ1n) is 6.95. The van der Waals surface area contributed by atoms with Crippen molar-refractivity contribution in [2.75, 3.05) is 14.1 Å². The van der Waals surface area contributed by atoms with E-state index in [0.717, 1.165) is 0 Å². The van der Waals surface area contributed by atoms with E-state index in [1.165, 1.54) is 17.0 Å². The van der Waals surface area contributed by atoms with Crippen molar-refractivity contribution in [1.29, 1.82) is 0 Å². The van der Waals surface area contributed by atoms with Crippen molar-refractivity contribution in [3.63, 3.8) is 0 Å². The third-order valence-electron chi connectivity index (χ3n) is 4.18. The molecule has 1 heterocycles. The summed E-state index contributed by atoms with van der Waals surface area (Å²) in [6.45, 7) is 7.79. The predicted molar refractivity (Wildman–Crippen MR) is 81.8 cm³/mol. The molecular formula is C15H22BNO4. The Balaban J connectivity index is 2.45. The highest BCUT2D eigenvalue weighted by molar-refractivity contribution is 6.63. The smallest absolute Gasteiger partial charge is 0.495 e. The summed E-state index contributed by atoms with van der Waals surface area (Å²) in [4.78, 5) is 13.8. The highest BCUT2D eigenvalue weighted by Gasteiger charge is 2.52. The first-order chi connectivity index (χ1) is 9.55. The Morgan fingerprint density at radius 1 is 1.14 bits per heavy atom. The zero-order valence-electron chi connectivity index (χ0n) is 13.4. The summed E-state index contributed by atoms with van der Waals surface area (Å²) in [6.07, 6.45) is 0. The molecule has 0 aromatic heterocycles. The number of phenolic OH excluding ortho intramolecular Hbond substituents is 1. The van der Waals surface area contributed by atoms with Gasteiger partial charge in [0, 0.05) is 19.7 Å². The van der Waals surface area contributed by atoms with Gasteiger partial charge in [-0.05, 0) is 51.4 Å². The molecule has 0 bridgehead atoms. The van der Waals surface area contributed by atoms with Gasteiger partial charge in [0.15, 0.2) is 0 Å². The summed E-state index contributed by atoms with van der Waals surface area (Å²) in [5.41, 5.74) is 0.0204. The van der Waals surface area contributed by atoms with Crippen molar-refractivity contribution in [2.45, 2.75) is 38.9 Å². The maximum atomic E-state index is 12.3. The number of hydrogen-bond donors (Lipinski definition) is 1. The van der Waals surface area contributed by atoms with Crippen molar-refractivity contribution >= 4 is 18.5 Å². The van der Waals surface area contributed by atoms with Gasteiger partial charge in [-0.1, -0.05) is 0 Å². The van der Waals surface area contributed by atoms with Crippen LogP contribution in [-0.2, 0) is 9.31 Å². The number of rotatable bonds is 2. The van der Waals surface area contributed by atoms with E-state index in [1.54, 1.807) is 20.2 Å². The molecule has 0 unspecified atom stereocenters. The van der Waals surface area contributed by atoms with E-state index in [1.807, 2.05) is 27.7 Å². The lowest BCUT2D eigenvalue weighted by Crippen LogP contribution is -2.41. The lowest BCUT2D eigenvalue weighted by Gasteiger charge is -2.32. The first kappa shape index (κ1) is 15.9. The topological polar surface area (TPSA) is 59.0 Å². The maximum Gasteiger partial charge on any atom is 0.495 e. The molecule has 0 atom stereocenters. The molecule has 1 fully saturated rings. The standard InChI is InChI=1S/C15H22BNO4/c1-14(2)15(3,4)21-16(20-14)12-9-10(18)7-8-11(12)13(19)17(5)6/h7-9,18H,1-6H3. The van der Waals surface area contributed by atoms with E-state index < -0.39 is 18.3 Å². The summed E-state index contributed by atoms with van der Waals surface area (Å²) in [7, 11) is 2.69. The van der Waals surface area contributed by atoms with Crippen molar-refractivity contribution in [3.8, 4) is 5.75 Å². The number of benzene rings is 1. The molecule has 0 radical (unpaired) electrons. The normalized spacial score (nSPS) is 19.6. The molecule has 1 amide bonds. The minimum atomic E-state index is -0.680. The molecule has 1 aromatic rings. The second-order valence-corrected chi connectivity index (χ2v) is 6.56. The van der Waals surface area contributed by atoms with Gasteiger partial charge in [0.05, 0.1) is 11.2 Å². The lowest BCUT2D eigenvalue weighted by atomic mass is 9.75. The van der Waals surface area contributed by atoms with Crippen molar-refractivity contribution in [2.24, 2.45) is 0 Å². The molecule has 1 saturated heterocycles. The number of carbonyl (C=O) groups excluding carboxylic acids is 1. The number of phenols is 1. The van der Waals surface area contributed by atoms with Crippen LogP contribution in [-0.4, -0.2) is 48.3 Å². The number of nitrogens with zero attached hydrogens (tertiary/aromatic N) is 1. The molecule has 1 N–H and O–H groups in total. The third kappa shape index (κ3) is 2.78. The predicted octanol–water partition coefficient (Wildman–Crippen LogP) is 1.39. The Kier molecular flexibility index (Phi) is 3.80. The minimum absolute atomic E-state index is 0.0787. The summed E-state index contributed by atoms with van der Waals surface area (Å²) in [5.74, 6) is -0.0743. The van der Waals surface area contributed by atoms with E-state index >= 15 is 0 Å². The van der Waals surface area contributed by atoms with Crippen LogP contribution in [0.15, 0.2) is 18.2 Å². The Hall–Kier alpha value is -1.53. The number of carbonyl (C=O) groups is 1. The van der Waals surface area contributed by atoms with Crippen molar-refractivity contribution < 1.29 is 19.2 Å². The minimum Gasteiger partial charge on any atom is -0.508 e. The molecule has 2 rings (SSSR count). The van der Waals surface area contributed by atoms with E-state index in [0.29, 0.717) is 11.0 Å². The average molecular weight is 291 g/mol. The van der Waals surface area contributed by atoms with E-state index in [4.69, 9.17) is 9.31 Å². The van der Waals surface area contributed by atoms with Crippen LogP contribution in [0.5, 0.6) is 5.75 Å². The fourth-order valence-corrected chi connectivity index (χ4v) is 2.15. The van der Waals surface area contributed by atoms with Crippen LogP contribution < -0.4 is 5.46 Å². The highest BCUT2D eigenvalue weighted by atomic mass is 16.7. The number of amides is 1. The molecular weight excluding hydrogens is 269 g/mol. The quantitative estimate of drug-likeness (QED) is 0.837. The Bertz CT molecular complexity index is 553. The summed E-state index contributed by atoms with van der Waals surface area (Å²) >= 11 is 0. The monoisotopic (exact) mass is 291 g/mol. The van der Waals surface area contributed by atoms with Gasteiger partial charge >= 0.3 is 7.12 Å². The van der Waals surface area contributed by atoms with Gasteiger partial charge in [-0.15, -0.1) is 0 Å². The Morgan fingerprint density at radius 2 is 1.67 bits per heavy atom. The van der Waals surface area contributed by atoms with Crippen LogP contribution in [0.4, 0.5) is 0 Å². The maximum absolute atomic E-state index is 12.3. The number of aromatic hydroxyl groups is 1. The van der Waals surface area contributed by atoms with Gasteiger partial charge in [0.1, 0.15) is 5.75 Å². The van der Waals surface area contributed by atoms with Crippen LogP contribution in [0.1, 0.15) is 38.1 Å². The van der Waals surface area contributed by atoms with Crippen molar-refractivity contribution in [1.82, 2.24) is 4.90 Å². The molecule has 1 aliphatic rings. The first-order valence-corrected chi connectivity index (χ1v) is 6.95. The van der Waals surface area contributed by atoms with Gasteiger partial charge in [0.2, 0.25) is 0 Å². The van der Waals surface area contributed by atoms with E-state index in [2.05, 4.69) is 0 Å². The fraction of sp³-hybridized carbons (Fsp3) is 0.533. The summed E-state index contributed by atoms with van der Waals surface area (Å²) in [6, 6.07) is 4.61. The Morgan fingerprint density at radius 3 is 2.14 bits per heavy atom. The van der Waals surface area contributed by atoms with Crippen LogP contribution in [0, 0.1) is 0 Å². The van der Waals surface area contributed by atoms with Gasteiger partial charge in [-0.3, -0.25) is 4.79 Å². The average Bonchev–Trinajstić information content (AvgIpc) is 2.57. The third-order valence-corrected chi connectivity index (χ3v) is 4.18. The molecule has 6 heteroatoms. The van der Waals surface area contributed by atoms with E-state index in [9.17, 15) is 9.90 Å². The largest absolute Gasteiger partial charge is 0.508 e. The Labute approximate surface area is 126 Å². The van der Waals surface area contributed by atoms with E-state index in [-0.39, 0.29) is 11.7 Å². The molecule has 1 aliphatic heterocycles. The molecule has 0 spiro atoms. The molecule has 0 aliphatic carbocycles. The highest BCUT2D eigenvalue weighted by Crippen LogP contribution is 2.36. The summed E-state index contributed by atoms with van der Waals surface area (Å²) in [5, 5.41) is 9.74. The molecule has 21 heavy (non-hydrogen) atoms. The molecule has 0 saturated carbocycles.